The van der Waals surface area contributed by atoms with E-state index in [-0.39, 0.29) is 11.1 Å². The van der Waals surface area contributed by atoms with Crippen molar-refractivity contribution >= 4 is 67.5 Å². The number of carbonyl (C=O) groups excluding carboxylic acids is 3. The third kappa shape index (κ3) is 5.87. The molecule has 9 heteroatoms. The number of carbonyl (C=O) groups is 3. The normalized spacial score (nSPS) is 11.3. The molecule has 37 heavy (non-hydrogen) atoms. The number of nitrogens with zero attached hydrogens (tertiary/aromatic N) is 1. The Hall–Kier alpha value is -3.62. The highest BCUT2D eigenvalue weighted by Crippen LogP contribution is 2.27. The number of aromatic nitrogens is 1. The molecule has 0 unspecified atom stereocenters. The Morgan fingerprint density at radius 1 is 0.892 bits per heavy atom. The number of hydrogen-bond acceptors (Lipinski definition) is 3. The van der Waals surface area contributed by atoms with E-state index in [0.717, 1.165) is 10.0 Å². The lowest BCUT2D eigenvalue weighted by Gasteiger charge is -2.19. The third-order valence-electron chi connectivity index (χ3n) is 5.94. The van der Waals surface area contributed by atoms with Crippen LogP contribution in [-0.4, -0.2) is 22.4 Å². The van der Waals surface area contributed by atoms with Crippen LogP contribution in [0.3, 0.4) is 0 Å². The molecular weight excluding hydrogens is 556 g/mol. The number of rotatable bonds is 4. The van der Waals surface area contributed by atoms with E-state index in [1.807, 2.05) is 18.2 Å². The average molecular weight is 582 g/mol. The molecule has 4 rings (SSSR count). The zero-order chi connectivity index (χ0) is 26.9. The second kappa shape index (κ2) is 10.4. The summed E-state index contributed by atoms with van der Waals surface area (Å²) >= 11 is 9.62. The summed E-state index contributed by atoms with van der Waals surface area (Å²) in [5, 5.41) is 6.65. The minimum absolute atomic E-state index is 0.0367. The van der Waals surface area contributed by atoms with Gasteiger partial charge in [-0.25, -0.2) is 4.68 Å². The van der Waals surface area contributed by atoms with Gasteiger partial charge in [-0.3, -0.25) is 19.8 Å². The van der Waals surface area contributed by atoms with Crippen LogP contribution >= 0.6 is 27.5 Å². The summed E-state index contributed by atoms with van der Waals surface area (Å²) in [7, 11) is 0. The van der Waals surface area contributed by atoms with Crippen molar-refractivity contribution in [3.63, 3.8) is 0 Å². The molecule has 0 fully saturated rings. The van der Waals surface area contributed by atoms with Gasteiger partial charge in [-0.05, 0) is 72.0 Å². The molecule has 7 nitrogen and oxygen atoms in total. The highest BCUT2D eigenvalue weighted by atomic mass is 79.9. The Labute approximate surface area is 228 Å². The molecule has 0 radical (unpaired) electrons. The average Bonchev–Trinajstić information content (AvgIpc) is 3.19. The molecule has 0 atom stereocenters. The zero-order valence-corrected chi connectivity index (χ0v) is 23.1. The van der Waals surface area contributed by atoms with Gasteiger partial charge in [0, 0.05) is 26.3 Å². The first-order valence-electron chi connectivity index (χ1n) is 11.5. The summed E-state index contributed by atoms with van der Waals surface area (Å²) in [5.41, 5.74) is 6.06. The molecule has 1 heterocycles. The summed E-state index contributed by atoms with van der Waals surface area (Å²) in [6, 6.07) is 19.5. The maximum absolute atomic E-state index is 13.3. The van der Waals surface area contributed by atoms with Gasteiger partial charge in [-0.1, -0.05) is 66.5 Å². The SMILES string of the molecule is Cc1c(Cl)cccc1NC(=O)c1cc2cc(Br)ccc2n1NC(=O)C(=O)Nc1ccc(C(C)(C)C)cc1. The Balaban J connectivity index is 1.60. The van der Waals surface area contributed by atoms with E-state index in [0.29, 0.717) is 32.9 Å². The highest BCUT2D eigenvalue weighted by Gasteiger charge is 2.22. The topological polar surface area (TPSA) is 92.2 Å². The smallest absolute Gasteiger partial charge is 0.320 e. The second-order valence-electron chi connectivity index (χ2n) is 9.66. The van der Waals surface area contributed by atoms with Gasteiger partial charge >= 0.3 is 11.8 Å². The van der Waals surface area contributed by atoms with Gasteiger partial charge in [0.25, 0.3) is 5.91 Å². The van der Waals surface area contributed by atoms with Crippen LogP contribution in [0.2, 0.25) is 5.02 Å². The molecule has 4 aromatic rings. The van der Waals surface area contributed by atoms with E-state index in [4.69, 9.17) is 11.6 Å². The van der Waals surface area contributed by atoms with Crippen LogP contribution in [0.25, 0.3) is 10.9 Å². The predicted molar refractivity (Wildman–Crippen MR) is 152 cm³/mol. The van der Waals surface area contributed by atoms with E-state index in [1.54, 1.807) is 55.5 Å². The van der Waals surface area contributed by atoms with Crippen molar-refractivity contribution in [3.05, 3.63) is 93.0 Å². The number of anilines is 2. The molecule has 190 valence electrons. The summed E-state index contributed by atoms with van der Waals surface area (Å²) in [4.78, 5) is 38.9. The van der Waals surface area contributed by atoms with E-state index in [2.05, 4.69) is 52.8 Å². The number of benzene rings is 3. The lowest BCUT2D eigenvalue weighted by atomic mass is 9.87. The minimum Gasteiger partial charge on any atom is -0.320 e. The first-order chi connectivity index (χ1) is 17.4. The molecule has 3 aromatic carbocycles. The van der Waals surface area contributed by atoms with Crippen molar-refractivity contribution in [3.8, 4) is 0 Å². The third-order valence-corrected chi connectivity index (χ3v) is 6.84. The van der Waals surface area contributed by atoms with Crippen LogP contribution < -0.4 is 16.1 Å². The second-order valence-corrected chi connectivity index (χ2v) is 11.0. The number of fused-ring (bicyclic) bond motifs is 1. The van der Waals surface area contributed by atoms with Gasteiger partial charge in [0.15, 0.2) is 0 Å². The van der Waals surface area contributed by atoms with Crippen molar-refractivity contribution in [2.75, 3.05) is 16.1 Å². The van der Waals surface area contributed by atoms with Gasteiger partial charge in [-0.2, -0.15) is 0 Å². The molecule has 0 saturated heterocycles. The van der Waals surface area contributed by atoms with Crippen molar-refractivity contribution < 1.29 is 14.4 Å². The number of halogens is 2. The van der Waals surface area contributed by atoms with Gasteiger partial charge in [0.2, 0.25) is 0 Å². The molecule has 1 aromatic heterocycles. The summed E-state index contributed by atoms with van der Waals surface area (Å²) in [6.45, 7) is 8.07. The molecule has 3 amide bonds. The number of nitrogens with one attached hydrogen (secondary N) is 3. The van der Waals surface area contributed by atoms with Crippen molar-refractivity contribution in [1.29, 1.82) is 0 Å². The van der Waals surface area contributed by atoms with Crippen molar-refractivity contribution in [2.24, 2.45) is 0 Å². The van der Waals surface area contributed by atoms with E-state index < -0.39 is 17.7 Å². The lowest BCUT2D eigenvalue weighted by Crippen LogP contribution is -2.36. The van der Waals surface area contributed by atoms with Gasteiger partial charge in [0.05, 0.1) is 5.52 Å². The predicted octanol–water partition coefficient (Wildman–Crippen LogP) is 6.62. The summed E-state index contributed by atoms with van der Waals surface area (Å²) in [5.74, 6) is -2.26. The monoisotopic (exact) mass is 580 g/mol. The lowest BCUT2D eigenvalue weighted by molar-refractivity contribution is -0.133. The number of amides is 3. The Morgan fingerprint density at radius 3 is 2.27 bits per heavy atom. The molecule has 0 aliphatic carbocycles. The van der Waals surface area contributed by atoms with Crippen LogP contribution in [0.5, 0.6) is 0 Å². The van der Waals surface area contributed by atoms with Crippen LogP contribution in [0.1, 0.15) is 42.4 Å². The largest absolute Gasteiger partial charge is 0.328 e. The fraction of sp³-hybridized carbons (Fsp3) is 0.179. The molecule has 3 N–H and O–H groups in total. The molecule has 0 aliphatic heterocycles. The summed E-state index contributed by atoms with van der Waals surface area (Å²) in [6.07, 6.45) is 0. The quantitative estimate of drug-likeness (QED) is 0.236. The molecule has 0 saturated carbocycles. The highest BCUT2D eigenvalue weighted by molar-refractivity contribution is 9.10. The first kappa shape index (κ1) is 26.4. The van der Waals surface area contributed by atoms with E-state index in [9.17, 15) is 14.4 Å². The standard InChI is InChI=1S/C28H26BrClN4O3/c1-16-21(30)6-5-7-22(16)32-25(35)24-15-17-14-19(29)10-13-23(17)34(24)33-27(37)26(36)31-20-11-8-18(9-12-20)28(2,3)4/h5-15H,1-4H3,(H,31,36)(H,32,35)(H,33,37). The zero-order valence-electron chi connectivity index (χ0n) is 20.8. The van der Waals surface area contributed by atoms with Crippen LogP contribution in [0.4, 0.5) is 11.4 Å². The van der Waals surface area contributed by atoms with Crippen molar-refractivity contribution in [2.45, 2.75) is 33.1 Å². The van der Waals surface area contributed by atoms with Crippen LogP contribution in [0, 0.1) is 6.92 Å². The van der Waals surface area contributed by atoms with Gasteiger partial charge in [-0.15, -0.1) is 0 Å². The van der Waals surface area contributed by atoms with Crippen molar-refractivity contribution in [1.82, 2.24) is 4.68 Å². The van der Waals surface area contributed by atoms with Gasteiger partial charge in [0.1, 0.15) is 5.69 Å². The minimum atomic E-state index is -0.923. The molecule has 0 aliphatic rings. The fourth-order valence-electron chi connectivity index (χ4n) is 3.80. The molecule has 0 bridgehead atoms. The van der Waals surface area contributed by atoms with E-state index in [1.165, 1.54) is 4.68 Å². The van der Waals surface area contributed by atoms with Gasteiger partial charge < -0.3 is 10.6 Å². The van der Waals surface area contributed by atoms with Crippen LogP contribution in [0.15, 0.2) is 71.2 Å². The number of hydrogen-bond donors (Lipinski definition) is 3. The molecule has 0 spiro atoms. The van der Waals surface area contributed by atoms with E-state index >= 15 is 0 Å². The maximum Gasteiger partial charge on any atom is 0.328 e. The first-order valence-corrected chi connectivity index (χ1v) is 12.7. The Bertz CT molecular complexity index is 1520. The van der Waals surface area contributed by atoms with Crippen LogP contribution in [-0.2, 0) is 15.0 Å². The maximum atomic E-state index is 13.3. The Morgan fingerprint density at radius 2 is 1.59 bits per heavy atom. The molecular formula is C28H26BrClN4O3. The summed E-state index contributed by atoms with van der Waals surface area (Å²) < 4.78 is 2.11. The Kier molecular flexibility index (Phi) is 7.43. The fourth-order valence-corrected chi connectivity index (χ4v) is 4.35.